The van der Waals surface area contributed by atoms with E-state index in [0.29, 0.717) is 11.6 Å². The van der Waals surface area contributed by atoms with E-state index in [2.05, 4.69) is 16.0 Å². The Morgan fingerprint density at radius 3 is 3.24 bits per heavy atom. The van der Waals surface area contributed by atoms with Crippen molar-refractivity contribution in [3.8, 4) is 6.07 Å². The van der Waals surface area contributed by atoms with Gasteiger partial charge in [0.05, 0.1) is 5.56 Å². The number of aliphatic hydroxyl groups excluding tert-OH is 1. The second kappa shape index (κ2) is 5.65. The Hall–Kier alpha value is -1.60. The van der Waals surface area contributed by atoms with E-state index in [1.165, 1.54) is 0 Å². The summed E-state index contributed by atoms with van der Waals surface area (Å²) >= 11 is 0. The molecule has 1 aromatic rings. The average Bonchev–Trinajstić information content (AvgIpc) is 2.84. The molecule has 2 heterocycles. The first-order valence-electron chi connectivity index (χ1n) is 6.09. The first kappa shape index (κ1) is 11.9. The Bertz CT molecular complexity index is 413. The smallest absolute Gasteiger partial charge is 0.146 e. The molecule has 1 aliphatic heterocycles. The Kier molecular flexibility index (Phi) is 3.94. The molecule has 17 heavy (non-hydrogen) atoms. The van der Waals surface area contributed by atoms with Gasteiger partial charge in [-0.05, 0) is 37.8 Å². The maximum Gasteiger partial charge on any atom is 0.146 e. The summed E-state index contributed by atoms with van der Waals surface area (Å²) < 4.78 is 0. The molecule has 1 aromatic heterocycles. The molecule has 0 spiro atoms. The van der Waals surface area contributed by atoms with Gasteiger partial charge in [0.2, 0.25) is 0 Å². The zero-order valence-corrected chi connectivity index (χ0v) is 9.84. The van der Waals surface area contributed by atoms with Gasteiger partial charge in [0.25, 0.3) is 0 Å². The summed E-state index contributed by atoms with van der Waals surface area (Å²) in [7, 11) is 0. The van der Waals surface area contributed by atoms with E-state index in [9.17, 15) is 0 Å². The fourth-order valence-corrected chi connectivity index (χ4v) is 2.45. The van der Waals surface area contributed by atoms with Crippen molar-refractivity contribution in [2.24, 2.45) is 0 Å². The Labute approximate surface area is 102 Å². The highest BCUT2D eigenvalue weighted by Crippen LogP contribution is 2.28. The zero-order chi connectivity index (χ0) is 12.1. The van der Waals surface area contributed by atoms with E-state index in [1.807, 2.05) is 6.07 Å². The predicted octanol–water partition coefficient (Wildman–Crippen LogP) is 1.69. The average molecular weight is 231 g/mol. The summed E-state index contributed by atoms with van der Waals surface area (Å²) in [6, 6.07) is 6.22. The molecule has 0 bridgehead atoms. The molecule has 0 radical (unpaired) electrons. The maximum atomic E-state index is 9.08. The van der Waals surface area contributed by atoms with Gasteiger partial charge >= 0.3 is 0 Å². The SMILES string of the molecule is N#Cc1cccnc1N1CCCC1CCCO. The fourth-order valence-electron chi connectivity index (χ4n) is 2.45. The van der Waals surface area contributed by atoms with Crippen LogP contribution in [0.25, 0.3) is 0 Å². The fraction of sp³-hybridized carbons (Fsp3) is 0.538. The van der Waals surface area contributed by atoms with Crippen molar-refractivity contribution in [1.82, 2.24) is 4.98 Å². The molecule has 2 rings (SSSR count). The van der Waals surface area contributed by atoms with E-state index in [4.69, 9.17) is 10.4 Å². The van der Waals surface area contributed by atoms with Gasteiger partial charge in [-0.2, -0.15) is 5.26 Å². The van der Waals surface area contributed by atoms with Crippen LogP contribution in [0.5, 0.6) is 0 Å². The first-order valence-corrected chi connectivity index (χ1v) is 6.09. The number of rotatable bonds is 4. The van der Waals surface area contributed by atoms with Crippen LogP contribution in [-0.2, 0) is 0 Å². The number of pyridine rings is 1. The lowest BCUT2D eigenvalue weighted by Gasteiger charge is -2.26. The highest BCUT2D eigenvalue weighted by atomic mass is 16.2. The van der Waals surface area contributed by atoms with Crippen LogP contribution < -0.4 is 4.90 Å². The number of aliphatic hydroxyl groups is 1. The quantitative estimate of drug-likeness (QED) is 0.856. The minimum atomic E-state index is 0.234. The van der Waals surface area contributed by atoms with Gasteiger partial charge in [0.15, 0.2) is 0 Å². The number of nitriles is 1. The number of aromatic nitrogens is 1. The van der Waals surface area contributed by atoms with E-state index in [1.54, 1.807) is 12.3 Å². The van der Waals surface area contributed by atoms with E-state index in [-0.39, 0.29) is 6.61 Å². The molecular formula is C13H17N3O. The minimum Gasteiger partial charge on any atom is -0.396 e. The van der Waals surface area contributed by atoms with Crippen molar-refractivity contribution < 1.29 is 5.11 Å². The van der Waals surface area contributed by atoms with Gasteiger partial charge in [-0.25, -0.2) is 4.98 Å². The van der Waals surface area contributed by atoms with Gasteiger partial charge in [-0.1, -0.05) is 0 Å². The summed E-state index contributed by atoms with van der Waals surface area (Å²) in [6.07, 6.45) is 5.78. The van der Waals surface area contributed by atoms with Crippen LogP contribution >= 0.6 is 0 Å². The lowest BCUT2D eigenvalue weighted by molar-refractivity contribution is 0.279. The second-order valence-corrected chi connectivity index (χ2v) is 4.34. The molecule has 4 nitrogen and oxygen atoms in total. The lowest BCUT2D eigenvalue weighted by Crippen LogP contribution is -2.30. The molecule has 0 aliphatic carbocycles. The number of nitrogens with zero attached hydrogens (tertiary/aromatic N) is 3. The van der Waals surface area contributed by atoms with E-state index in [0.717, 1.165) is 38.0 Å². The monoisotopic (exact) mass is 231 g/mol. The van der Waals surface area contributed by atoms with Crippen LogP contribution in [0.3, 0.4) is 0 Å². The largest absolute Gasteiger partial charge is 0.396 e. The van der Waals surface area contributed by atoms with Crippen LogP contribution in [0.1, 0.15) is 31.2 Å². The predicted molar refractivity (Wildman–Crippen MR) is 65.6 cm³/mol. The molecule has 0 aromatic carbocycles. The second-order valence-electron chi connectivity index (χ2n) is 4.34. The molecule has 1 fully saturated rings. The molecule has 1 N–H and O–H groups in total. The first-order chi connectivity index (χ1) is 8.36. The van der Waals surface area contributed by atoms with Crippen LogP contribution in [0.2, 0.25) is 0 Å². The molecular weight excluding hydrogens is 214 g/mol. The Morgan fingerprint density at radius 2 is 2.47 bits per heavy atom. The van der Waals surface area contributed by atoms with Gasteiger partial charge in [0, 0.05) is 25.4 Å². The van der Waals surface area contributed by atoms with Crippen LogP contribution in [0, 0.1) is 11.3 Å². The Balaban J connectivity index is 2.17. The minimum absolute atomic E-state index is 0.234. The van der Waals surface area contributed by atoms with Crippen molar-refractivity contribution in [2.75, 3.05) is 18.1 Å². The zero-order valence-electron chi connectivity index (χ0n) is 9.84. The normalized spacial score (nSPS) is 19.3. The molecule has 0 amide bonds. The third kappa shape index (κ3) is 2.56. The van der Waals surface area contributed by atoms with Crippen molar-refractivity contribution >= 4 is 5.82 Å². The lowest BCUT2D eigenvalue weighted by atomic mass is 10.1. The number of anilines is 1. The third-order valence-corrected chi connectivity index (χ3v) is 3.25. The van der Waals surface area contributed by atoms with Crippen molar-refractivity contribution in [3.63, 3.8) is 0 Å². The molecule has 1 aliphatic rings. The molecule has 1 unspecified atom stereocenters. The van der Waals surface area contributed by atoms with Crippen molar-refractivity contribution in [1.29, 1.82) is 5.26 Å². The standard InChI is InChI=1S/C13H17N3O/c14-10-11-4-1-7-15-13(11)16-8-2-5-12(16)6-3-9-17/h1,4,7,12,17H,2-3,5-6,8-9H2. The Morgan fingerprint density at radius 1 is 1.59 bits per heavy atom. The third-order valence-electron chi connectivity index (χ3n) is 3.25. The molecule has 1 saturated heterocycles. The van der Waals surface area contributed by atoms with E-state index < -0.39 is 0 Å². The molecule has 1 atom stereocenters. The summed E-state index contributed by atoms with van der Waals surface area (Å²) in [5, 5.41) is 18.0. The number of hydrogen-bond acceptors (Lipinski definition) is 4. The summed E-state index contributed by atoms with van der Waals surface area (Å²) in [5.41, 5.74) is 0.642. The van der Waals surface area contributed by atoms with Crippen LogP contribution in [0.15, 0.2) is 18.3 Å². The molecule has 90 valence electrons. The van der Waals surface area contributed by atoms with Gasteiger partial charge in [0.1, 0.15) is 11.9 Å². The number of hydrogen-bond donors (Lipinski definition) is 1. The molecule has 4 heteroatoms. The van der Waals surface area contributed by atoms with Gasteiger partial charge in [-0.15, -0.1) is 0 Å². The summed E-state index contributed by atoms with van der Waals surface area (Å²) in [4.78, 5) is 6.55. The van der Waals surface area contributed by atoms with Gasteiger partial charge < -0.3 is 10.0 Å². The summed E-state index contributed by atoms with van der Waals surface area (Å²) in [6.45, 7) is 1.19. The highest BCUT2D eigenvalue weighted by Gasteiger charge is 2.26. The topological polar surface area (TPSA) is 60.2 Å². The highest BCUT2D eigenvalue weighted by molar-refractivity contribution is 5.54. The van der Waals surface area contributed by atoms with E-state index >= 15 is 0 Å². The van der Waals surface area contributed by atoms with Crippen molar-refractivity contribution in [2.45, 2.75) is 31.7 Å². The summed E-state index contributed by atoms with van der Waals surface area (Å²) in [5.74, 6) is 0.801. The molecule has 0 saturated carbocycles. The maximum absolute atomic E-state index is 9.08. The van der Waals surface area contributed by atoms with Crippen LogP contribution in [-0.4, -0.2) is 29.3 Å². The van der Waals surface area contributed by atoms with Crippen molar-refractivity contribution in [3.05, 3.63) is 23.9 Å². The van der Waals surface area contributed by atoms with Crippen LogP contribution in [0.4, 0.5) is 5.82 Å². The van der Waals surface area contributed by atoms with Gasteiger partial charge in [-0.3, -0.25) is 0 Å².